The summed E-state index contributed by atoms with van der Waals surface area (Å²) >= 11 is 0. The van der Waals surface area contributed by atoms with Crippen LogP contribution in [0.1, 0.15) is 32.6 Å². The first kappa shape index (κ1) is 15.4. The summed E-state index contributed by atoms with van der Waals surface area (Å²) in [5.74, 6) is 1.06. The van der Waals surface area contributed by atoms with Gasteiger partial charge in [0.05, 0.1) is 5.92 Å². The first-order valence-electron chi connectivity index (χ1n) is 7.22. The molecule has 1 unspecified atom stereocenters. The van der Waals surface area contributed by atoms with E-state index < -0.39 is 0 Å². The minimum absolute atomic E-state index is 0.0420. The fourth-order valence-electron chi connectivity index (χ4n) is 2.80. The number of rotatable bonds is 6. The highest BCUT2D eigenvalue weighted by Gasteiger charge is 2.27. The molecular weight excluding hydrogens is 226 g/mol. The van der Waals surface area contributed by atoms with Crippen molar-refractivity contribution in [3.8, 4) is 0 Å². The second-order valence-electron chi connectivity index (χ2n) is 5.75. The van der Waals surface area contributed by atoms with Crippen LogP contribution in [0.25, 0.3) is 0 Å². The summed E-state index contributed by atoms with van der Waals surface area (Å²) in [6, 6.07) is 0. The fraction of sp³-hybridized carbons (Fsp3) is 0.929. The van der Waals surface area contributed by atoms with Crippen molar-refractivity contribution in [3.63, 3.8) is 0 Å². The standard InChI is InChI=1S/C14H29N3O/c1-4-5-13(10-15)14(18)17-8-6-12(7-9-17)11-16(2)3/h12-13H,4-11,15H2,1-3H3. The van der Waals surface area contributed by atoms with Gasteiger partial charge < -0.3 is 15.5 Å². The summed E-state index contributed by atoms with van der Waals surface area (Å²) in [5, 5.41) is 0. The Kier molecular flexibility index (Phi) is 6.65. The van der Waals surface area contributed by atoms with E-state index in [1.807, 2.05) is 4.90 Å². The molecule has 0 spiro atoms. The fourth-order valence-corrected chi connectivity index (χ4v) is 2.80. The molecular formula is C14H29N3O. The van der Waals surface area contributed by atoms with E-state index in [1.54, 1.807) is 0 Å². The van der Waals surface area contributed by atoms with Crippen LogP contribution in [-0.2, 0) is 4.79 Å². The van der Waals surface area contributed by atoms with Gasteiger partial charge in [0.25, 0.3) is 0 Å². The number of nitrogens with zero attached hydrogens (tertiary/aromatic N) is 2. The van der Waals surface area contributed by atoms with E-state index >= 15 is 0 Å². The molecule has 1 saturated heterocycles. The molecule has 1 amide bonds. The van der Waals surface area contributed by atoms with Crippen molar-refractivity contribution in [2.75, 3.05) is 40.3 Å². The highest BCUT2D eigenvalue weighted by molar-refractivity contribution is 5.79. The third kappa shape index (κ3) is 4.58. The van der Waals surface area contributed by atoms with Crippen LogP contribution in [-0.4, -0.2) is 56.0 Å². The molecule has 106 valence electrons. The molecule has 18 heavy (non-hydrogen) atoms. The second kappa shape index (κ2) is 7.74. The Morgan fingerprint density at radius 2 is 2.00 bits per heavy atom. The van der Waals surface area contributed by atoms with Crippen molar-refractivity contribution >= 4 is 5.91 Å². The van der Waals surface area contributed by atoms with Crippen LogP contribution in [0.4, 0.5) is 0 Å². The molecule has 1 rings (SSSR count). The molecule has 0 aromatic rings. The van der Waals surface area contributed by atoms with Gasteiger partial charge in [0.1, 0.15) is 0 Å². The maximum atomic E-state index is 12.3. The van der Waals surface area contributed by atoms with Crippen LogP contribution >= 0.6 is 0 Å². The predicted octanol–water partition coefficient (Wildman–Crippen LogP) is 1.16. The molecule has 1 aliphatic rings. The maximum Gasteiger partial charge on any atom is 0.226 e. The number of carbonyl (C=O) groups excluding carboxylic acids is 1. The van der Waals surface area contributed by atoms with Crippen LogP contribution in [0.3, 0.4) is 0 Å². The third-order valence-corrected chi connectivity index (χ3v) is 3.82. The molecule has 0 saturated carbocycles. The second-order valence-corrected chi connectivity index (χ2v) is 5.75. The molecule has 4 nitrogen and oxygen atoms in total. The average molecular weight is 255 g/mol. The largest absolute Gasteiger partial charge is 0.342 e. The van der Waals surface area contributed by atoms with Crippen LogP contribution in [0.15, 0.2) is 0 Å². The molecule has 1 heterocycles. The van der Waals surface area contributed by atoms with Gasteiger partial charge in [-0.15, -0.1) is 0 Å². The molecule has 0 aromatic carbocycles. The number of nitrogens with two attached hydrogens (primary N) is 1. The zero-order valence-corrected chi connectivity index (χ0v) is 12.2. The highest BCUT2D eigenvalue weighted by atomic mass is 16.2. The van der Waals surface area contributed by atoms with Crippen LogP contribution < -0.4 is 5.73 Å². The molecule has 4 heteroatoms. The minimum atomic E-state index is 0.0420. The quantitative estimate of drug-likeness (QED) is 0.775. The van der Waals surface area contributed by atoms with Crippen molar-refractivity contribution in [1.29, 1.82) is 0 Å². The zero-order chi connectivity index (χ0) is 13.5. The van der Waals surface area contributed by atoms with Gasteiger partial charge in [-0.2, -0.15) is 0 Å². The van der Waals surface area contributed by atoms with Gasteiger partial charge in [0.2, 0.25) is 5.91 Å². The first-order chi connectivity index (χ1) is 8.58. The number of carbonyl (C=O) groups is 1. The van der Waals surface area contributed by atoms with E-state index in [1.165, 1.54) is 0 Å². The third-order valence-electron chi connectivity index (χ3n) is 3.82. The minimum Gasteiger partial charge on any atom is -0.342 e. The number of hydrogen-bond donors (Lipinski definition) is 1. The van der Waals surface area contributed by atoms with E-state index in [0.29, 0.717) is 6.54 Å². The topological polar surface area (TPSA) is 49.6 Å². The van der Waals surface area contributed by atoms with E-state index in [0.717, 1.165) is 51.2 Å². The molecule has 0 aromatic heterocycles. The normalized spacial score (nSPS) is 19.3. The van der Waals surface area contributed by atoms with Crippen molar-refractivity contribution in [3.05, 3.63) is 0 Å². The number of piperidine rings is 1. The molecule has 1 fully saturated rings. The van der Waals surface area contributed by atoms with Gasteiger partial charge in [-0.3, -0.25) is 4.79 Å². The molecule has 0 bridgehead atoms. The summed E-state index contributed by atoms with van der Waals surface area (Å²) in [7, 11) is 4.23. The lowest BCUT2D eigenvalue weighted by atomic mass is 9.94. The van der Waals surface area contributed by atoms with Crippen LogP contribution in [0.5, 0.6) is 0 Å². The Bertz CT molecular complexity index is 247. The van der Waals surface area contributed by atoms with Gasteiger partial charge in [0.15, 0.2) is 0 Å². The van der Waals surface area contributed by atoms with Gasteiger partial charge in [-0.25, -0.2) is 0 Å². The zero-order valence-electron chi connectivity index (χ0n) is 12.2. The van der Waals surface area contributed by atoms with Crippen LogP contribution in [0, 0.1) is 11.8 Å². The van der Waals surface area contributed by atoms with Crippen molar-refractivity contribution in [2.45, 2.75) is 32.6 Å². The average Bonchev–Trinajstić information content (AvgIpc) is 2.35. The monoisotopic (exact) mass is 255 g/mol. The summed E-state index contributed by atoms with van der Waals surface area (Å²) < 4.78 is 0. The Morgan fingerprint density at radius 3 is 2.44 bits per heavy atom. The lowest BCUT2D eigenvalue weighted by molar-refractivity contribution is -0.136. The van der Waals surface area contributed by atoms with Gasteiger partial charge in [0, 0.05) is 26.2 Å². The molecule has 0 aliphatic carbocycles. The first-order valence-corrected chi connectivity index (χ1v) is 7.22. The molecule has 1 aliphatic heterocycles. The lowest BCUT2D eigenvalue weighted by Gasteiger charge is -2.35. The van der Waals surface area contributed by atoms with E-state index in [4.69, 9.17) is 5.73 Å². The summed E-state index contributed by atoms with van der Waals surface area (Å²) in [4.78, 5) is 16.5. The van der Waals surface area contributed by atoms with E-state index in [2.05, 4.69) is 25.9 Å². The van der Waals surface area contributed by atoms with Crippen molar-refractivity contribution in [2.24, 2.45) is 17.6 Å². The van der Waals surface area contributed by atoms with E-state index in [9.17, 15) is 4.79 Å². The maximum absolute atomic E-state index is 12.3. The predicted molar refractivity (Wildman–Crippen MR) is 75.3 cm³/mol. The Morgan fingerprint density at radius 1 is 1.39 bits per heavy atom. The van der Waals surface area contributed by atoms with Crippen LogP contribution in [0.2, 0.25) is 0 Å². The SMILES string of the molecule is CCCC(CN)C(=O)N1CCC(CN(C)C)CC1. The smallest absolute Gasteiger partial charge is 0.226 e. The Balaban J connectivity index is 2.39. The highest BCUT2D eigenvalue weighted by Crippen LogP contribution is 2.20. The van der Waals surface area contributed by atoms with Crippen molar-refractivity contribution in [1.82, 2.24) is 9.80 Å². The number of amides is 1. The van der Waals surface area contributed by atoms with Gasteiger partial charge in [-0.05, 0) is 39.3 Å². The summed E-state index contributed by atoms with van der Waals surface area (Å²) in [6.45, 7) is 5.57. The molecule has 1 atom stereocenters. The summed E-state index contributed by atoms with van der Waals surface area (Å²) in [5.41, 5.74) is 5.71. The molecule has 2 N–H and O–H groups in total. The number of likely N-dealkylation sites (tertiary alicyclic amines) is 1. The number of hydrogen-bond acceptors (Lipinski definition) is 3. The Labute approximate surface area is 111 Å². The van der Waals surface area contributed by atoms with Crippen molar-refractivity contribution < 1.29 is 4.79 Å². The summed E-state index contributed by atoms with van der Waals surface area (Å²) in [6.07, 6.45) is 4.22. The molecule has 0 radical (unpaired) electrons. The Hall–Kier alpha value is -0.610. The van der Waals surface area contributed by atoms with E-state index in [-0.39, 0.29) is 11.8 Å². The van der Waals surface area contributed by atoms with Gasteiger partial charge in [-0.1, -0.05) is 13.3 Å². The van der Waals surface area contributed by atoms with Gasteiger partial charge >= 0.3 is 0 Å². The lowest BCUT2D eigenvalue weighted by Crippen LogP contribution is -2.44.